The first kappa shape index (κ1) is 19.7. The molecule has 1 amide bonds. The Bertz CT molecular complexity index is 1400. The van der Waals surface area contributed by atoms with E-state index in [0.717, 1.165) is 5.01 Å². The number of nitrogens with zero attached hydrogens (tertiary/aromatic N) is 3. The van der Waals surface area contributed by atoms with Gasteiger partial charge in [-0.05, 0) is 30.7 Å². The van der Waals surface area contributed by atoms with Crippen molar-refractivity contribution >= 4 is 44.9 Å². The summed E-state index contributed by atoms with van der Waals surface area (Å²) in [7, 11) is 1.55. The molecule has 0 fully saturated rings. The first-order valence-electron chi connectivity index (χ1n) is 9.58. The molecule has 0 N–H and O–H groups in total. The second kappa shape index (κ2) is 7.47. The molecule has 156 valence electrons. The van der Waals surface area contributed by atoms with Gasteiger partial charge in [0, 0.05) is 10.6 Å². The van der Waals surface area contributed by atoms with Gasteiger partial charge in [0.05, 0.1) is 18.1 Å². The number of rotatable bonds is 4. The molecule has 2 aromatic carbocycles. The maximum atomic E-state index is 13.6. The van der Waals surface area contributed by atoms with Gasteiger partial charge in [0.1, 0.15) is 22.4 Å². The van der Waals surface area contributed by atoms with Gasteiger partial charge in [-0.3, -0.25) is 14.5 Å². The predicted octanol–water partition coefficient (Wildman–Crippen LogP) is 4.62. The normalized spacial score (nSPS) is 15.5. The summed E-state index contributed by atoms with van der Waals surface area (Å²) in [5.41, 5.74) is 0.871. The molecular formula is C22H16ClN3O4S. The molecule has 0 saturated carbocycles. The lowest BCUT2D eigenvalue weighted by atomic mass is 9.98. The minimum Gasteiger partial charge on any atom is -0.496 e. The van der Waals surface area contributed by atoms with Crippen molar-refractivity contribution in [3.63, 3.8) is 0 Å². The van der Waals surface area contributed by atoms with Gasteiger partial charge >= 0.3 is 0 Å². The lowest BCUT2D eigenvalue weighted by molar-refractivity contribution is 0.0970. The molecule has 1 unspecified atom stereocenters. The molecule has 0 saturated heterocycles. The van der Waals surface area contributed by atoms with Crippen molar-refractivity contribution in [3.8, 4) is 5.75 Å². The number of fused-ring (bicyclic) bond motifs is 2. The van der Waals surface area contributed by atoms with Crippen molar-refractivity contribution < 1.29 is 13.9 Å². The number of benzene rings is 2. The molecule has 31 heavy (non-hydrogen) atoms. The van der Waals surface area contributed by atoms with E-state index in [0.29, 0.717) is 38.9 Å². The third kappa shape index (κ3) is 3.02. The lowest BCUT2D eigenvalue weighted by Gasteiger charge is -2.23. The summed E-state index contributed by atoms with van der Waals surface area (Å²) in [5, 5.41) is 10.3. The molecular weight excluding hydrogens is 438 g/mol. The number of amides is 1. The van der Waals surface area contributed by atoms with Crippen LogP contribution in [0.1, 0.15) is 39.7 Å². The molecule has 0 spiro atoms. The van der Waals surface area contributed by atoms with E-state index in [2.05, 4.69) is 10.2 Å². The molecule has 1 atom stereocenters. The van der Waals surface area contributed by atoms with Crippen molar-refractivity contribution in [2.45, 2.75) is 19.4 Å². The first-order valence-corrected chi connectivity index (χ1v) is 10.8. The highest BCUT2D eigenvalue weighted by Crippen LogP contribution is 2.44. The number of ether oxygens (including phenoxy) is 1. The topological polar surface area (TPSA) is 85.5 Å². The van der Waals surface area contributed by atoms with E-state index in [9.17, 15) is 9.59 Å². The molecule has 1 aliphatic rings. The molecule has 5 rings (SSSR count). The van der Waals surface area contributed by atoms with Gasteiger partial charge in [0.25, 0.3) is 5.91 Å². The standard InChI is InChI=1S/C22H16ClN3O4S/c1-3-16-24-25-22(31-16)26-18(12-6-4-5-7-14(12)29-2)17-19(27)13-10-11(23)8-9-15(13)30-20(17)21(26)28/h4-10,18H,3H2,1-2H3. The monoisotopic (exact) mass is 453 g/mol. The molecule has 0 radical (unpaired) electrons. The highest BCUT2D eigenvalue weighted by Gasteiger charge is 2.46. The SMILES string of the molecule is CCc1nnc(N2C(=O)c3oc4ccc(Cl)cc4c(=O)c3C2c2ccccc2OC)s1. The number of hydrogen-bond donors (Lipinski definition) is 0. The van der Waals surface area contributed by atoms with Gasteiger partial charge in [0.2, 0.25) is 10.9 Å². The third-order valence-electron chi connectivity index (χ3n) is 5.23. The van der Waals surface area contributed by atoms with E-state index in [1.54, 1.807) is 31.4 Å². The number of halogens is 1. The van der Waals surface area contributed by atoms with Gasteiger partial charge < -0.3 is 9.15 Å². The summed E-state index contributed by atoms with van der Waals surface area (Å²) in [6.07, 6.45) is 0.686. The van der Waals surface area contributed by atoms with Crippen molar-refractivity contribution in [3.05, 3.63) is 79.6 Å². The van der Waals surface area contributed by atoms with Crippen molar-refractivity contribution in [1.82, 2.24) is 10.2 Å². The van der Waals surface area contributed by atoms with Crippen LogP contribution in [0.2, 0.25) is 5.02 Å². The second-order valence-corrected chi connectivity index (χ2v) is 8.44. The van der Waals surface area contributed by atoms with Crippen LogP contribution >= 0.6 is 22.9 Å². The number of anilines is 1. The minimum atomic E-state index is -0.768. The Kier molecular flexibility index (Phi) is 4.75. The van der Waals surface area contributed by atoms with Crippen molar-refractivity contribution in [2.24, 2.45) is 0 Å². The number of hydrogen-bond acceptors (Lipinski definition) is 7. The highest BCUT2D eigenvalue weighted by atomic mass is 35.5. The maximum absolute atomic E-state index is 13.6. The average molecular weight is 454 g/mol. The van der Waals surface area contributed by atoms with Crippen LogP contribution in [0.25, 0.3) is 11.0 Å². The summed E-state index contributed by atoms with van der Waals surface area (Å²) in [5.74, 6) is 0.0895. The summed E-state index contributed by atoms with van der Waals surface area (Å²) < 4.78 is 11.5. The number of methoxy groups -OCH3 is 1. The van der Waals surface area contributed by atoms with E-state index in [4.69, 9.17) is 20.8 Å². The summed E-state index contributed by atoms with van der Waals surface area (Å²) in [6, 6.07) is 11.3. The molecule has 2 aromatic heterocycles. The quantitative estimate of drug-likeness (QED) is 0.448. The molecule has 0 aliphatic carbocycles. The lowest BCUT2D eigenvalue weighted by Crippen LogP contribution is -2.29. The smallest absolute Gasteiger partial charge is 0.297 e. The fourth-order valence-corrected chi connectivity index (χ4v) is 4.79. The fourth-order valence-electron chi connectivity index (χ4n) is 3.81. The molecule has 7 nitrogen and oxygen atoms in total. The van der Waals surface area contributed by atoms with Crippen LogP contribution in [0.4, 0.5) is 5.13 Å². The van der Waals surface area contributed by atoms with Crippen LogP contribution in [0, 0.1) is 0 Å². The number of para-hydroxylation sites is 1. The molecule has 9 heteroatoms. The molecule has 1 aliphatic heterocycles. The summed E-state index contributed by atoms with van der Waals surface area (Å²) in [4.78, 5) is 28.5. The summed E-state index contributed by atoms with van der Waals surface area (Å²) in [6.45, 7) is 1.96. The largest absolute Gasteiger partial charge is 0.496 e. The zero-order valence-corrected chi connectivity index (χ0v) is 18.2. The Labute approximate surface area is 185 Å². The Morgan fingerprint density at radius 3 is 2.74 bits per heavy atom. The number of aryl methyl sites for hydroxylation is 1. The van der Waals surface area contributed by atoms with Gasteiger partial charge in [-0.1, -0.05) is 48.1 Å². The van der Waals surface area contributed by atoms with E-state index in [1.807, 2.05) is 25.1 Å². The van der Waals surface area contributed by atoms with Crippen LogP contribution in [0.15, 0.2) is 51.7 Å². The third-order valence-corrected chi connectivity index (χ3v) is 6.53. The Hall–Kier alpha value is -3.23. The minimum absolute atomic E-state index is 0.0102. The van der Waals surface area contributed by atoms with E-state index in [1.165, 1.54) is 16.2 Å². The summed E-state index contributed by atoms with van der Waals surface area (Å²) >= 11 is 7.43. The van der Waals surface area contributed by atoms with Gasteiger partial charge in [-0.25, -0.2) is 0 Å². The number of aromatic nitrogens is 2. The van der Waals surface area contributed by atoms with Crippen LogP contribution in [-0.4, -0.2) is 23.2 Å². The molecule has 4 aromatic rings. The second-order valence-electron chi connectivity index (χ2n) is 6.97. The molecule has 3 heterocycles. The van der Waals surface area contributed by atoms with Crippen LogP contribution < -0.4 is 15.1 Å². The maximum Gasteiger partial charge on any atom is 0.297 e. The van der Waals surface area contributed by atoms with Crippen LogP contribution in [-0.2, 0) is 6.42 Å². The van der Waals surface area contributed by atoms with Gasteiger partial charge in [0.15, 0.2) is 5.43 Å². The molecule has 0 bridgehead atoms. The van der Waals surface area contributed by atoms with Crippen LogP contribution in [0.5, 0.6) is 5.75 Å². The zero-order valence-electron chi connectivity index (χ0n) is 16.6. The van der Waals surface area contributed by atoms with Crippen molar-refractivity contribution in [1.29, 1.82) is 0 Å². The van der Waals surface area contributed by atoms with Crippen LogP contribution in [0.3, 0.4) is 0 Å². The van der Waals surface area contributed by atoms with E-state index in [-0.39, 0.29) is 16.8 Å². The van der Waals surface area contributed by atoms with E-state index >= 15 is 0 Å². The number of carbonyl (C=O) groups excluding carboxylic acids is 1. The highest BCUT2D eigenvalue weighted by molar-refractivity contribution is 7.15. The van der Waals surface area contributed by atoms with Gasteiger partial charge in [-0.2, -0.15) is 0 Å². The van der Waals surface area contributed by atoms with Gasteiger partial charge in [-0.15, -0.1) is 10.2 Å². The van der Waals surface area contributed by atoms with Crippen molar-refractivity contribution in [2.75, 3.05) is 12.0 Å². The average Bonchev–Trinajstić information content (AvgIpc) is 3.37. The Morgan fingerprint density at radius 2 is 2.00 bits per heavy atom. The number of carbonyl (C=O) groups is 1. The predicted molar refractivity (Wildman–Crippen MR) is 118 cm³/mol. The Balaban J connectivity index is 1.83. The zero-order chi connectivity index (χ0) is 21.7. The van der Waals surface area contributed by atoms with E-state index < -0.39 is 11.9 Å². The Morgan fingerprint density at radius 1 is 1.19 bits per heavy atom. The first-order chi connectivity index (χ1) is 15.0. The fraction of sp³-hybridized carbons (Fsp3) is 0.182.